The molecule has 0 saturated carbocycles. The van der Waals surface area contributed by atoms with Gasteiger partial charge in [0.1, 0.15) is 16.9 Å². The fourth-order valence-corrected chi connectivity index (χ4v) is 2.08. The van der Waals surface area contributed by atoms with Crippen LogP contribution < -0.4 is 10.4 Å². The minimum absolute atomic E-state index is 0.293. The van der Waals surface area contributed by atoms with Gasteiger partial charge in [0.2, 0.25) is 0 Å². The van der Waals surface area contributed by atoms with Crippen molar-refractivity contribution in [2.75, 3.05) is 7.11 Å². The topological polar surface area (TPSA) is 39.4 Å². The Balaban J connectivity index is 2.71. The minimum Gasteiger partial charge on any atom is -0.496 e. The van der Waals surface area contributed by atoms with Gasteiger partial charge in [-0.1, -0.05) is 11.6 Å². The van der Waals surface area contributed by atoms with E-state index in [1.165, 1.54) is 13.2 Å². The van der Waals surface area contributed by atoms with Gasteiger partial charge < -0.3 is 9.15 Å². The van der Waals surface area contributed by atoms with Gasteiger partial charge in [0, 0.05) is 10.9 Å². The summed E-state index contributed by atoms with van der Waals surface area (Å²) in [5.41, 5.74) is 0.431. The summed E-state index contributed by atoms with van der Waals surface area (Å²) in [4.78, 5) is 11.7. The van der Waals surface area contributed by atoms with Crippen molar-refractivity contribution in [2.24, 2.45) is 0 Å². The normalized spacial score (nSPS) is 11.0. The summed E-state index contributed by atoms with van der Waals surface area (Å²) in [5, 5.41) is 0.461. The van der Waals surface area contributed by atoms with Crippen LogP contribution in [0.3, 0.4) is 0 Å². The fraction of sp³-hybridized carbons (Fsp3) is 0.312. The van der Waals surface area contributed by atoms with Gasteiger partial charge in [0.05, 0.1) is 7.11 Å². The van der Waals surface area contributed by atoms with Crippen molar-refractivity contribution in [2.45, 2.75) is 26.7 Å². The molecular weight excluding hydrogens is 278 g/mol. The van der Waals surface area contributed by atoms with Crippen LogP contribution in [0, 0.1) is 0 Å². The third-order valence-corrected chi connectivity index (χ3v) is 3.16. The molecule has 2 rings (SSSR count). The summed E-state index contributed by atoms with van der Waals surface area (Å²) in [7, 11) is 1.51. The van der Waals surface area contributed by atoms with Crippen molar-refractivity contribution in [1.29, 1.82) is 0 Å². The van der Waals surface area contributed by atoms with Gasteiger partial charge in [-0.25, -0.2) is 13.6 Å². The van der Waals surface area contributed by atoms with Gasteiger partial charge in [0.15, 0.2) is 0 Å². The zero-order chi connectivity index (χ0) is 15.6. The van der Waals surface area contributed by atoms with Crippen LogP contribution in [-0.2, 0) is 6.42 Å². The number of methoxy groups -OCH3 is 1. The highest BCUT2D eigenvalue weighted by molar-refractivity contribution is 5.83. The summed E-state index contributed by atoms with van der Waals surface area (Å²) in [6.07, 6.45) is -0.396. The van der Waals surface area contributed by atoms with E-state index < -0.39 is 17.6 Å². The molecule has 0 N–H and O–H groups in total. The van der Waals surface area contributed by atoms with Crippen LogP contribution in [-0.4, -0.2) is 7.11 Å². The van der Waals surface area contributed by atoms with Gasteiger partial charge in [-0.2, -0.15) is 0 Å². The summed E-state index contributed by atoms with van der Waals surface area (Å²) >= 11 is 0. The molecule has 0 radical (unpaired) electrons. The number of hydrogen-bond acceptors (Lipinski definition) is 3. The zero-order valence-corrected chi connectivity index (χ0v) is 12.1. The predicted octanol–water partition coefficient (Wildman–Crippen LogP) is 4.25. The van der Waals surface area contributed by atoms with Crippen LogP contribution >= 0.6 is 0 Å². The lowest BCUT2D eigenvalue weighted by Gasteiger charge is -2.10. The first-order chi connectivity index (χ1) is 9.93. The van der Waals surface area contributed by atoms with E-state index in [1.54, 1.807) is 12.1 Å². The molecule has 0 aliphatic rings. The highest BCUT2D eigenvalue weighted by atomic mass is 19.3. The van der Waals surface area contributed by atoms with E-state index in [0.29, 0.717) is 28.7 Å². The molecule has 0 aliphatic heterocycles. The molecule has 0 atom stereocenters. The van der Waals surface area contributed by atoms with Gasteiger partial charge in [-0.3, -0.25) is 0 Å². The number of allylic oxidation sites excluding steroid dienone is 2. The fourth-order valence-electron chi connectivity index (χ4n) is 2.08. The lowest BCUT2D eigenvalue weighted by atomic mass is 10.0. The molecule has 0 unspecified atom stereocenters. The Kier molecular flexibility index (Phi) is 4.40. The number of ether oxygens (including phenoxy) is 1. The molecule has 3 nitrogen and oxygen atoms in total. The number of benzene rings is 1. The van der Waals surface area contributed by atoms with Gasteiger partial charge >= 0.3 is 5.63 Å². The van der Waals surface area contributed by atoms with E-state index >= 15 is 0 Å². The second kappa shape index (κ2) is 6.08. The first-order valence-electron chi connectivity index (χ1n) is 6.49. The lowest BCUT2D eigenvalue weighted by Crippen LogP contribution is -2.08. The van der Waals surface area contributed by atoms with Crippen molar-refractivity contribution in [3.05, 3.63) is 51.4 Å². The molecule has 112 valence electrons. The van der Waals surface area contributed by atoms with Crippen molar-refractivity contribution in [3.63, 3.8) is 0 Å². The molecule has 0 bridgehead atoms. The van der Waals surface area contributed by atoms with E-state index in [0.717, 1.165) is 5.57 Å². The predicted molar refractivity (Wildman–Crippen MR) is 77.1 cm³/mol. The highest BCUT2D eigenvalue weighted by Crippen LogP contribution is 2.30. The van der Waals surface area contributed by atoms with Crippen molar-refractivity contribution in [1.82, 2.24) is 0 Å². The molecular formula is C16H16F2O3. The second-order valence-corrected chi connectivity index (χ2v) is 4.94. The van der Waals surface area contributed by atoms with Crippen LogP contribution in [0.5, 0.6) is 5.75 Å². The average molecular weight is 294 g/mol. The van der Waals surface area contributed by atoms with Gasteiger partial charge in [-0.05, 0) is 38.5 Å². The van der Waals surface area contributed by atoms with E-state index in [9.17, 15) is 13.6 Å². The molecule has 1 aromatic heterocycles. The van der Waals surface area contributed by atoms with E-state index in [2.05, 4.69) is 0 Å². The summed E-state index contributed by atoms with van der Waals surface area (Å²) < 4.78 is 35.9. The first-order valence-corrected chi connectivity index (χ1v) is 6.49. The third kappa shape index (κ3) is 3.12. The Bertz CT molecular complexity index is 741. The van der Waals surface area contributed by atoms with Gasteiger partial charge in [0.25, 0.3) is 6.43 Å². The highest BCUT2D eigenvalue weighted by Gasteiger charge is 2.17. The minimum atomic E-state index is -2.85. The number of fused-ring (bicyclic) bond motifs is 1. The lowest BCUT2D eigenvalue weighted by molar-refractivity contribution is 0.147. The first kappa shape index (κ1) is 15.2. The standard InChI is InChI=1S/C16H16F2O3/c1-9(2)4-6-11-13(20-3)7-5-10-8-12(15(17)18)16(19)21-14(10)11/h4-5,7-8,15H,6H2,1-3H3. The van der Waals surface area contributed by atoms with Crippen LogP contribution in [0.15, 0.2) is 39.1 Å². The quantitative estimate of drug-likeness (QED) is 0.625. The molecule has 0 spiro atoms. The maximum Gasteiger partial charge on any atom is 0.345 e. The number of rotatable bonds is 4. The second-order valence-electron chi connectivity index (χ2n) is 4.94. The maximum absolute atomic E-state index is 12.8. The Morgan fingerprint density at radius 1 is 1.38 bits per heavy atom. The van der Waals surface area contributed by atoms with Crippen LogP contribution in [0.2, 0.25) is 0 Å². The molecule has 0 fully saturated rings. The van der Waals surface area contributed by atoms with Crippen LogP contribution in [0.4, 0.5) is 8.78 Å². The van der Waals surface area contributed by atoms with Gasteiger partial charge in [-0.15, -0.1) is 0 Å². The molecule has 1 aromatic carbocycles. The van der Waals surface area contributed by atoms with Crippen molar-refractivity contribution >= 4 is 11.0 Å². The van der Waals surface area contributed by atoms with Crippen molar-refractivity contribution in [3.8, 4) is 5.75 Å². The Hall–Kier alpha value is -2.17. The van der Waals surface area contributed by atoms with Crippen LogP contribution in [0.25, 0.3) is 11.0 Å². The Morgan fingerprint density at radius 3 is 2.67 bits per heavy atom. The largest absolute Gasteiger partial charge is 0.496 e. The number of hydrogen-bond donors (Lipinski definition) is 0. The van der Waals surface area contributed by atoms with Crippen LogP contribution in [0.1, 0.15) is 31.4 Å². The average Bonchev–Trinajstić information content (AvgIpc) is 2.43. The number of halogens is 2. The molecule has 0 aliphatic carbocycles. The number of alkyl halides is 2. The Labute approximate surface area is 120 Å². The summed E-state index contributed by atoms with van der Waals surface area (Å²) in [5.74, 6) is 0.563. The zero-order valence-electron chi connectivity index (χ0n) is 12.1. The van der Waals surface area contributed by atoms with E-state index in [1.807, 2.05) is 19.9 Å². The summed E-state index contributed by atoms with van der Waals surface area (Å²) in [6, 6.07) is 4.47. The molecule has 21 heavy (non-hydrogen) atoms. The summed E-state index contributed by atoms with van der Waals surface area (Å²) in [6.45, 7) is 3.89. The monoisotopic (exact) mass is 294 g/mol. The van der Waals surface area contributed by atoms with E-state index in [4.69, 9.17) is 9.15 Å². The molecule has 2 aromatic rings. The third-order valence-electron chi connectivity index (χ3n) is 3.16. The van der Waals surface area contributed by atoms with Crippen molar-refractivity contribution < 1.29 is 17.9 Å². The molecule has 1 heterocycles. The molecule has 0 amide bonds. The molecule has 0 saturated heterocycles. The molecule has 5 heteroatoms. The SMILES string of the molecule is COc1ccc2cc(C(F)F)c(=O)oc2c1CC=C(C)C. The smallest absolute Gasteiger partial charge is 0.345 e. The Morgan fingerprint density at radius 2 is 2.10 bits per heavy atom. The van der Waals surface area contributed by atoms with E-state index in [-0.39, 0.29) is 0 Å². The maximum atomic E-state index is 12.8.